The van der Waals surface area contributed by atoms with E-state index in [4.69, 9.17) is 18.6 Å². The van der Waals surface area contributed by atoms with Crippen molar-refractivity contribution in [2.24, 2.45) is 17.3 Å². The average Bonchev–Trinajstić information content (AvgIpc) is 3.51. The monoisotopic (exact) mass is 774 g/mol. The first-order valence-electron chi connectivity index (χ1n) is 20.7. The molecule has 1 aliphatic carbocycles. The molecule has 1 N–H and O–H groups in total. The summed E-state index contributed by atoms with van der Waals surface area (Å²) < 4.78 is 25.8. The van der Waals surface area contributed by atoms with Gasteiger partial charge in [0.1, 0.15) is 0 Å². The molecule has 1 saturated carbocycles. The molecule has 7 heteroatoms. The molecule has 0 bridgehead atoms. The molecule has 1 saturated heterocycles. The maximum Gasteiger partial charge on any atom is 0.305 e. The van der Waals surface area contributed by atoms with Gasteiger partial charge in [0, 0.05) is 32.2 Å². The number of benzene rings is 4. The summed E-state index contributed by atoms with van der Waals surface area (Å²) in [5.41, 5.74) is 3.31. The zero-order valence-electron chi connectivity index (χ0n) is 33.9. The van der Waals surface area contributed by atoms with Gasteiger partial charge in [-0.1, -0.05) is 148 Å². The third-order valence-corrected chi connectivity index (χ3v) is 17.3. The number of aliphatic hydroxyl groups is 1. The van der Waals surface area contributed by atoms with Gasteiger partial charge in [-0.2, -0.15) is 0 Å². The molecule has 2 aliphatic rings. The van der Waals surface area contributed by atoms with Crippen LogP contribution in [0.25, 0.3) is 11.1 Å². The van der Waals surface area contributed by atoms with E-state index < -0.39 is 8.32 Å². The standard InChI is InChI=1S/C49H62O6Si/c1-48(2,3)56(41-22-12-8-13-23-41,42-24-14-9-15-25-42)54-37-43-44(36-50)49(32-18-6-5-16-26-46(51)52-4,35-45(43)55-47-27-17-19-33-53-47)34-38-28-30-40(31-29-38)39-20-10-7-11-21-39/h6-15,18,20-25,28-31,43-45,47,50H,5,16-17,19,26-27,32-37H2,1-4H3/b18-6-/t43-,44-,45-,47?,49-/m1/s1. The molecule has 298 valence electrons. The van der Waals surface area contributed by atoms with Crippen LogP contribution in [0.4, 0.5) is 0 Å². The van der Waals surface area contributed by atoms with E-state index in [9.17, 15) is 9.90 Å². The van der Waals surface area contributed by atoms with Crippen molar-refractivity contribution in [3.05, 3.63) is 133 Å². The van der Waals surface area contributed by atoms with Gasteiger partial charge in [0.25, 0.3) is 8.32 Å². The summed E-state index contributed by atoms with van der Waals surface area (Å²) in [6, 6.07) is 41.0. The number of unbranched alkanes of at least 4 members (excludes halogenated alkanes) is 1. The van der Waals surface area contributed by atoms with Crippen LogP contribution >= 0.6 is 0 Å². The molecule has 1 aliphatic heterocycles. The van der Waals surface area contributed by atoms with Gasteiger partial charge >= 0.3 is 5.97 Å². The smallest absolute Gasteiger partial charge is 0.305 e. The molecule has 4 aromatic carbocycles. The van der Waals surface area contributed by atoms with E-state index in [0.717, 1.165) is 51.4 Å². The van der Waals surface area contributed by atoms with Crippen LogP contribution in [0.5, 0.6) is 0 Å². The van der Waals surface area contributed by atoms with Gasteiger partial charge < -0.3 is 23.7 Å². The molecule has 4 aromatic rings. The lowest BCUT2D eigenvalue weighted by Gasteiger charge is -2.44. The summed E-state index contributed by atoms with van der Waals surface area (Å²) in [7, 11) is -1.43. The largest absolute Gasteiger partial charge is 0.469 e. The van der Waals surface area contributed by atoms with Crippen LogP contribution < -0.4 is 10.4 Å². The molecule has 0 spiro atoms. The van der Waals surface area contributed by atoms with Gasteiger partial charge in [0.2, 0.25) is 0 Å². The van der Waals surface area contributed by atoms with Gasteiger partial charge in [-0.15, -0.1) is 0 Å². The molecule has 1 heterocycles. The number of rotatable bonds is 17. The van der Waals surface area contributed by atoms with E-state index in [1.165, 1.54) is 34.2 Å². The third-order valence-electron chi connectivity index (χ3n) is 12.2. The van der Waals surface area contributed by atoms with Crippen LogP contribution in [-0.4, -0.2) is 58.7 Å². The average molecular weight is 775 g/mol. The van der Waals surface area contributed by atoms with Crippen molar-refractivity contribution in [3.63, 3.8) is 0 Å². The van der Waals surface area contributed by atoms with Crippen LogP contribution in [-0.2, 0) is 29.9 Å². The van der Waals surface area contributed by atoms with Crippen molar-refractivity contribution < 1.29 is 28.5 Å². The number of aliphatic hydroxyl groups excluding tert-OH is 1. The second-order valence-corrected chi connectivity index (χ2v) is 21.2. The first-order chi connectivity index (χ1) is 27.2. The highest BCUT2D eigenvalue weighted by molar-refractivity contribution is 6.99. The van der Waals surface area contributed by atoms with E-state index >= 15 is 0 Å². The predicted octanol–water partition coefficient (Wildman–Crippen LogP) is 9.29. The Bertz CT molecular complexity index is 1760. The topological polar surface area (TPSA) is 74.2 Å². The van der Waals surface area contributed by atoms with Crippen molar-refractivity contribution in [1.29, 1.82) is 0 Å². The Labute approximate surface area is 336 Å². The fourth-order valence-electron chi connectivity index (χ4n) is 9.38. The molecule has 56 heavy (non-hydrogen) atoms. The van der Waals surface area contributed by atoms with E-state index in [0.29, 0.717) is 19.6 Å². The number of hydrogen-bond donors (Lipinski definition) is 1. The summed E-state index contributed by atoms with van der Waals surface area (Å²) in [5.74, 6) is -0.343. The van der Waals surface area contributed by atoms with Crippen LogP contribution in [0, 0.1) is 17.3 Å². The fraction of sp³-hybridized carbons (Fsp3) is 0.449. The summed E-state index contributed by atoms with van der Waals surface area (Å²) in [4.78, 5) is 11.8. The second kappa shape index (κ2) is 19.5. The molecule has 6 rings (SSSR count). The molecular weight excluding hydrogens is 713 g/mol. The van der Waals surface area contributed by atoms with Gasteiger partial charge in [0.15, 0.2) is 6.29 Å². The lowest BCUT2D eigenvalue weighted by atomic mass is 9.69. The molecule has 6 nitrogen and oxygen atoms in total. The number of carbonyl (C=O) groups excluding carboxylic acids is 1. The summed E-state index contributed by atoms with van der Waals surface area (Å²) in [5, 5.41) is 13.9. The fourth-order valence-corrected chi connectivity index (χ4v) is 14.0. The molecule has 0 amide bonds. The van der Waals surface area contributed by atoms with Crippen molar-refractivity contribution in [2.75, 3.05) is 26.9 Å². The number of methoxy groups -OCH3 is 1. The first-order valence-corrected chi connectivity index (χ1v) is 22.6. The minimum absolute atomic E-state index is 0.0262. The van der Waals surface area contributed by atoms with Crippen LogP contribution in [0.1, 0.15) is 77.7 Å². The Hall–Kier alpha value is -3.85. The molecule has 1 unspecified atom stereocenters. The summed E-state index contributed by atoms with van der Waals surface area (Å²) in [6.45, 7) is 8.14. The SMILES string of the molecule is COC(=O)CCC/C=C\C[C@@]1(Cc2ccc(-c3ccccc3)cc2)C[C@@H](OC2CCCCO2)[C@H](CO[Si](c2ccccc2)(c2ccccc2)C(C)(C)C)[C@H]1CO. The van der Waals surface area contributed by atoms with E-state index in [1.54, 1.807) is 0 Å². The number of allylic oxidation sites excluding steroid dienone is 2. The van der Waals surface area contributed by atoms with Gasteiger partial charge in [-0.05, 0) is 94.8 Å². The van der Waals surface area contributed by atoms with Crippen LogP contribution in [0.2, 0.25) is 5.04 Å². The molecular formula is C49H62O6Si. The quantitative estimate of drug-likeness (QED) is 0.0499. The highest BCUT2D eigenvalue weighted by Crippen LogP contribution is 2.54. The zero-order valence-corrected chi connectivity index (χ0v) is 34.9. The Morgan fingerprint density at radius 3 is 2.05 bits per heavy atom. The van der Waals surface area contributed by atoms with Crippen molar-refractivity contribution >= 4 is 24.7 Å². The number of carbonyl (C=O) groups is 1. The van der Waals surface area contributed by atoms with Crippen molar-refractivity contribution in [2.45, 2.75) is 96.0 Å². The number of hydrogen-bond acceptors (Lipinski definition) is 6. The minimum Gasteiger partial charge on any atom is -0.469 e. The van der Waals surface area contributed by atoms with Crippen LogP contribution in [0.3, 0.4) is 0 Å². The van der Waals surface area contributed by atoms with Crippen molar-refractivity contribution in [1.82, 2.24) is 0 Å². The zero-order chi connectivity index (χ0) is 39.4. The maximum atomic E-state index is 11.8. The van der Waals surface area contributed by atoms with E-state index in [2.05, 4.69) is 142 Å². The summed E-state index contributed by atoms with van der Waals surface area (Å²) >= 11 is 0. The summed E-state index contributed by atoms with van der Waals surface area (Å²) in [6.07, 6.45) is 11.3. The second-order valence-electron chi connectivity index (χ2n) is 16.8. The Kier molecular flexibility index (Phi) is 14.6. The normalized spacial score (nSPS) is 23.0. The molecule has 0 aromatic heterocycles. The maximum absolute atomic E-state index is 11.8. The lowest BCUT2D eigenvalue weighted by Crippen LogP contribution is -2.67. The van der Waals surface area contributed by atoms with Gasteiger partial charge in [0.05, 0.1) is 13.2 Å². The van der Waals surface area contributed by atoms with Crippen LogP contribution in [0.15, 0.2) is 127 Å². The Balaban J connectivity index is 1.37. The van der Waals surface area contributed by atoms with E-state index in [1.807, 2.05) is 6.07 Å². The third kappa shape index (κ3) is 9.80. The Morgan fingerprint density at radius 1 is 0.857 bits per heavy atom. The predicted molar refractivity (Wildman–Crippen MR) is 228 cm³/mol. The highest BCUT2D eigenvalue weighted by Gasteiger charge is 2.56. The first kappa shape index (κ1) is 41.8. The van der Waals surface area contributed by atoms with Crippen molar-refractivity contribution in [3.8, 4) is 11.1 Å². The van der Waals surface area contributed by atoms with Gasteiger partial charge in [-0.3, -0.25) is 4.79 Å². The number of ether oxygens (including phenoxy) is 3. The number of esters is 1. The molecule has 5 atom stereocenters. The molecule has 2 fully saturated rings. The molecule has 0 radical (unpaired) electrons. The van der Waals surface area contributed by atoms with Gasteiger partial charge in [-0.25, -0.2) is 0 Å². The highest BCUT2D eigenvalue weighted by atomic mass is 28.4. The van der Waals surface area contributed by atoms with E-state index in [-0.39, 0.29) is 47.3 Å². The minimum atomic E-state index is -2.87. The lowest BCUT2D eigenvalue weighted by molar-refractivity contribution is -0.198. The Morgan fingerprint density at radius 2 is 1.48 bits per heavy atom.